The lowest BCUT2D eigenvalue weighted by Crippen LogP contribution is -2.36. The maximum Gasteiger partial charge on any atom is 0.295 e. The Morgan fingerprint density at radius 1 is 1.20 bits per heavy atom. The standard InChI is InChI=1S/C24H25NO5/c1-15-8-10-16(11-9-15)22(26)20-21(17-5-3-6-18(13-17)29-2)25(24(28)23(20)27)14-19-7-4-12-30-19/h3,5-6,8-11,13,19,21,26H,4,7,12,14H2,1-2H3. The molecule has 2 unspecified atom stereocenters. The minimum Gasteiger partial charge on any atom is -0.507 e. The Bertz CT molecular complexity index is 989. The van der Waals surface area contributed by atoms with Crippen molar-refractivity contribution in [3.05, 3.63) is 70.8 Å². The molecule has 2 aromatic carbocycles. The number of aliphatic hydroxyl groups is 1. The van der Waals surface area contributed by atoms with Gasteiger partial charge in [-0.25, -0.2) is 0 Å². The van der Waals surface area contributed by atoms with Crippen molar-refractivity contribution in [3.63, 3.8) is 0 Å². The van der Waals surface area contributed by atoms with Gasteiger partial charge in [0.05, 0.1) is 24.8 Å². The Hall–Kier alpha value is -3.12. The summed E-state index contributed by atoms with van der Waals surface area (Å²) in [5.74, 6) is -0.854. The average molecular weight is 407 g/mol. The van der Waals surface area contributed by atoms with Crippen LogP contribution in [0.3, 0.4) is 0 Å². The molecule has 30 heavy (non-hydrogen) atoms. The molecule has 0 bridgehead atoms. The number of aliphatic hydroxyl groups excluding tert-OH is 1. The van der Waals surface area contributed by atoms with Gasteiger partial charge in [-0.2, -0.15) is 0 Å². The Labute approximate surface area is 175 Å². The molecule has 6 nitrogen and oxygen atoms in total. The molecule has 1 amide bonds. The molecule has 2 aliphatic rings. The van der Waals surface area contributed by atoms with Gasteiger partial charge in [-0.1, -0.05) is 42.0 Å². The molecule has 2 fully saturated rings. The second kappa shape index (κ2) is 8.32. The highest BCUT2D eigenvalue weighted by Crippen LogP contribution is 2.40. The van der Waals surface area contributed by atoms with Crippen molar-refractivity contribution in [1.29, 1.82) is 0 Å². The summed E-state index contributed by atoms with van der Waals surface area (Å²) in [7, 11) is 1.56. The summed E-state index contributed by atoms with van der Waals surface area (Å²) in [4.78, 5) is 27.5. The van der Waals surface area contributed by atoms with Crippen LogP contribution in [0.2, 0.25) is 0 Å². The van der Waals surface area contributed by atoms with E-state index in [0.29, 0.717) is 30.0 Å². The number of benzene rings is 2. The maximum absolute atomic E-state index is 13.0. The number of ether oxygens (including phenoxy) is 2. The van der Waals surface area contributed by atoms with E-state index < -0.39 is 17.7 Å². The lowest BCUT2D eigenvalue weighted by atomic mass is 9.94. The van der Waals surface area contributed by atoms with E-state index in [0.717, 1.165) is 18.4 Å². The van der Waals surface area contributed by atoms with Crippen LogP contribution in [0.4, 0.5) is 0 Å². The van der Waals surface area contributed by atoms with Gasteiger partial charge in [-0.05, 0) is 37.5 Å². The van der Waals surface area contributed by atoms with Gasteiger partial charge in [0.1, 0.15) is 11.5 Å². The Kier molecular flexibility index (Phi) is 5.59. The first-order valence-electron chi connectivity index (χ1n) is 10.1. The molecule has 0 aromatic heterocycles. The van der Waals surface area contributed by atoms with Crippen LogP contribution in [-0.2, 0) is 14.3 Å². The number of Topliss-reactive ketones (excluding diaryl/α,β-unsaturated/α-hetero) is 1. The predicted molar refractivity (Wildman–Crippen MR) is 112 cm³/mol. The number of likely N-dealkylation sites (tertiary alicyclic amines) is 1. The Morgan fingerprint density at radius 2 is 1.97 bits per heavy atom. The van der Waals surface area contributed by atoms with Crippen LogP contribution in [0.1, 0.15) is 35.6 Å². The van der Waals surface area contributed by atoms with E-state index in [1.165, 1.54) is 4.90 Å². The van der Waals surface area contributed by atoms with Crippen LogP contribution in [-0.4, -0.2) is 48.1 Å². The molecule has 0 saturated carbocycles. The number of hydrogen-bond donors (Lipinski definition) is 1. The Morgan fingerprint density at radius 3 is 2.63 bits per heavy atom. The van der Waals surface area contributed by atoms with E-state index in [1.54, 1.807) is 31.4 Å². The zero-order chi connectivity index (χ0) is 21.3. The van der Waals surface area contributed by atoms with Gasteiger partial charge in [-0.3, -0.25) is 9.59 Å². The number of hydrogen-bond acceptors (Lipinski definition) is 5. The smallest absolute Gasteiger partial charge is 0.295 e. The van der Waals surface area contributed by atoms with E-state index in [9.17, 15) is 14.7 Å². The quantitative estimate of drug-likeness (QED) is 0.466. The van der Waals surface area contributed by atoms with Gasteiger partial charge in [0.25, 0.3) is 11.7 Å². The molecule has 6 heteroatoms. The summed E-state index contributed by atoms with van der Waals surface area (Å²) < 4.78 is 11.1. The van der Waals surface area contributed by atoms with Crippen LogP contribution in [0, 0.1) is 6.92 Å². The number of nitrogens with zero attached hydrogens (tertiary/aromatic N) is 1. The van der Waals surface area contributed by atoms with E-state index in [2.05, 4.69) is 0 Å². The first-order chi connectivity index (χ1) is 14.5. The van der Waals surface area contributed by atoms with Gasteiger partial charge in [0.15, 0.2) is 0 Å². The summed E-state index contributed by atoms with van der Waals surface area (Å²) in [6.45, 7) is 2.90. The zero-order valence-electron chi connectivity index (χ0n) is 17.1. The molecule has 2 aliphatic heterocycles. The fourth-order valence-electron chi connectivity index (χ4n) is 4.10. The van der Waals surface area contributed by atoms with Crippen LogP contribution in [0.5, 0.6) is 5.75 Å². The molecule has 2 atom stereocenters. The average Bonchev–Trinajstić information content (AvgIpc) is 3.36. The van der Waals surface area contributed by atoms with Crippen molar-refractivity contribution in [3.8, 4) is 5.75 Å². The minimum atomic E-state index is -0.703. The largest absolute Gasteiger partial charge is 0.507 e. The van der Waals surface area contributed by atoms with Crippen molar-refractivity contribution in [2.24, 2.45) is 0 Å². The first kappa shape index (κ1) is 20.2. The van der Waals surface area contributed by atoms with E-state index in [4.69, 9.17) is 9.47 Å². The third-order valence-corrected chi connectivity index (χ3v) is 5.70. The molecule has 156 valence electrons. The number of ketones is 1. The fraction of sp³-hybridized carbons (Fsp3) is 0.333. The van der Waals surface area contributed by atoms with E-state index in [-0.39, 0.29) is 17.4 Å². The van der Waals surface area contributed by atoms with Crippen molar-refractivity contribution in [2.45, 2.75) is 31.9 Å². The highest BCUT2D eigenvalue weighted by atomic mass is 16.5. The summed E-state index contributed by atoms with van der Waals surface area (Å²) in [5.41, 5.74) is 2.34. The summed E-state index contributed by atoms with van der Waals surface area (Å²) in [6.07, 6.45) is 1.66. The number of aryl methyl sites for hydroxylation is 1. The number of carbonyl (C=O) groups is 2. The summed E-state index contributed by atoms with van der Waals surface area (Å²) in [6, 6.07) is 13.8. The molecule has 1 N–H and O–H groups in total. The molecule has 2 aromatic rings. The van der Waals surface area contributed by atoms with Gasteiger partial charge in [0.2, 0.25) is 0 Å². The molecular formula is C24H25NO5. The number of amides is 1. The maximum atomic E-state index is 13.0. The lowest BCUT2D eigenvalue weighted by Gasteiger charge is -2.27. The van der Waals surface area contributed by atoms with E-state index in [1.807, 2.05) is 31.2 Å². The van der Waals surface area contributed by atoms with Crippen molar-refractivity contribution < 1.29 is 24.2 Å². The zero-order valence-corrected chi connectivity index (χ0v) is 17.1. The van der Waals surface area contributed by atoms with Gasteiger partial charge >= 0.3 is 0 Å². The van der Waals surface area contributed by atoms with Crippen LogP contribution in [0.25, 0.3) is 5.76 Å². The normalized spacial score (nSPS) is 23.2. The number of rotatable bonds is 5. The topological polar surface area (TPSA) is 76.1 Å². The highest BCUT2D eigenvalue weighted by Gasteiger charge is 2.47. The fourth-order valence-corrected chi connectivity index (χ4v) is 4.10. The summed E-state index contributed by atoms with van der Waals surface area (Å²) in [5, 5.41) is 11.1. The van der Waals surface area contributed by atoms with Gasteiger partial charge in [-0.15, -0.1) is 0 Å². The van der Waals surface area contributed by atoms with E-state index >= 15 is 0 Å². The van der Waals surface area contributed by atoms with Crippen molar-refractivity contribution >= 4 is 17.4 Å². The SMILES string of the molecule is COc1cccc(C2C(=C(O)c3ccc(C)cc3)C(=O)C(=O)N2CC2CCCO2)c1. The molecule has 4 rings (SSSR count). The Balaban J connectivity index is 1.83. The number of carbonyl (C=O) groups excluding carboxylic acids is 2. The lowest BCUT2D eigenvalue weighted by molar-refractivity contribution is -0.140. The molecule has 0 aliphatic carbocycles. The van der Waals surface area contributed by atoms with Gasteiger partial charge in [0, 0.05) is 18.7 Å². The highest BCUT2D eigenvalue weighted by molar-refractivity contribution is 6.46. The van der Waals surface area contributed by atoms with Crippen LogP contribution in [0.15, 0.2) is 54.1 Å². The molecule has 0 radical (unpaired) electrons. The van der Waals surface area contributed by atoms with Crippen molar-refractivity contribution in [1.82, 2.24) is 4.90 Å². The van der Waals surface area contributed by atoms with Crippen LogP contribution < -0.4 is 4.74 Å². The van der Waals surface area contributed by atoms with Crippen LogP contribution >= 0.6 is 0 Å². The molecular weight excluding hydrogens is 382 g/mol. The van der Waals surface area contributed by atoms with Gasteiger partial charge < -0.3 is 19.5 Å². The molecule has 2 heterocycles. The third kappa shape index (κ3) is 3.71. The third-order valence-electron chi connectivity index (χ3n) is 5.70. The minimum absolute atomic E-state index is 0.0927. The molecule has 0 spiro atoms. The first-order valence-corrected chi connectivity index (χ1v) is 10.1. The molecule has 2 saturated heterocycles. The monoisotopic (exact) mass is 407 g/mol. The summed E-state index contributed by atoms with van der Waals surface area (Å²) >= 11 is 0. The second-order valence-electron chi connectivity index (χ2n) is 7.73. The predicted octanol–water partition coefficient (Wildman–Crippen LogP) is 3.60. The number of methoxy groups -OCH3 is 1. The van der Waals surface area contributed by atoms with Crippen molar-refractivity contribution in [2.75, 3.05) is 20.3 Å². The second-order valence-corrected chi connectivity index (χ2v) is 7.73.